The number of nitrogens with one attached hydrogen (secondary N) is 2. The van der Waals surface area contributed by atoms with Crippen LogP contribution in [0.4, 0.5) is 15.8 Å². The Labute approximate surface area is 158 Å². The summed E-state index contributed by atoms with van der Waals surface area (Å²) in [6.07, 6.45) is 0. The maximum atomic E-state index is 13.5. The number of carbonyl (C=O) groups excluding carboxylic acids is 1. The predicted octanol–water partition coefficient (Wildman–Crippen LogP) is 2.22. The summed E-state index contributed by atoms with van der Waals surface area (Å²) in [5.41, 5.74) is -0.386. The number of rotatable bonds is 6. The molecule has 0 aliphatic carbocycles. The fourth-order valence-electron chi connectivity index (χ4n) is 2.66. The molecule has 1 heterocycles. The van der Waals surface area contributed by atoms with Gasteiger partial charge in [-0.05, 0) is 12.1 Å². The van der Waals surface area contributed by atoms with Gasteiger partial charge >= 0.3 is 0 Å². The van der Waals surface area contributed by atoms with Gasteiger partial charge in [-0.15, -0.1) is 0 Å². The van der Waals surface area contributed by atoms with Crippen molar-refractivity contribution >= 4 is 17.3 Å². The molecule has 0 saturated carbocycles. The molecule has 0 fully saturated rings. The molecular weight excluding hydrogens is 371 g/mol. The van der Waals surface area contributed by atoms with Crippen LogP contribution in [-0.2, 0) is 0 Å². The highest BCUT2D eigenvalue weighted by Crippen LogP contribution is 2.36. The standard InChI is InChI=1S/C18H15FN4O5/c19-13-2-1-3-14(12(13)10-20)21-4-5-22-18(24)11-8-16-17(28-7-6-27-16)9-15(11)23(25)26/h1-3,8-9,21H,4-7H2,(H,22,24). The molecule has 0 unspecified atom stereocenters. The largest absolute Gasteiger partial charge is 0.486 e. The van der Waals surface area contributed by atoms with E-state index < -0.39 is 22.3 Å². The number of halogens is 1. The van der Waals surface area contributed by atoms with Crippen LogP contribution in [0.3, 0.4) is 0 Å². The molecule has 2 N–H and O–H groups in total. The van der Waals surface area contributed by atoms with E-state index in [9.17, 15) is 19.3 Å². The van der Waals surface area contributed by atoms with Crippen molar-refractivity contribution in [1.29, 1.82) is 5.26 Å². The number of benzene rings is 2. The number of hydrogen-bond acceptors (Lipinski definition) is 7. The van der Waals surface area contributed by atoms with Gasteiger partial charge in [0.05, 0.1) is 16.7 Å². The number of nitriles is 1. The maximum absolute atomic E-state index is 13.5. The molecule has 10 heteroatoms. The van der Waals surface area contributed by atoms with Gasteiger partial charge in [0, 0.05) is 19.2 Å². The summed E-state index contributed by atoms with van der Waals surface area (Å²) >= 11 is 0. The summed E-state index contributed by atoms with van der Waals surface area (Å²) in [4.78, 5) is 23.0. The summed E-state index contributed by atoms with van der Waals surface area (Å²) in [6, 6.07) is 8.36. The van der Waals surface area contributed by atoms with E-state index in [0.717, 1.165) is 6.07 Å². The van der Waals surface area contributed by atoms with E-state index in [4.69, 9.17) is 14.7 Å². The summed E-state index contributed by atoms with van der Waals surface area (Å²) < 4.78 is 24.2. The van der Waals surface area contributed by atoms with Gasteiger partial charge in [-0.25, -0.2) is 4.39 Å². The third-order valence-corrected chi connectivity index (χ3v) is 3.95. The van der Waals surface area contributed by atoms with Gasteiger partial charge in [-0.3, -0.25) is 14.9 Å². The van der Waals surface area contributed by atoms with Crippen LogP contribution in [0.2, 0.25) is 0 Å². The van der Waals surface area contributed by atoms with E-state index in [1.165, 1.54) is 24.3 Å². The zero-order chi connectivity index (χ0) is 20.1. The Kier molecular flexibility index (Phi) is 5.55. The Bertz CT molecular complexity index is 973. The van der Waals surface area contributed by atoms with Crippen LogP contribution in [0.25, 0.3) is 0 Å². The van der Waals surface area contributed by atoms with Crippen molar-refractivity contribution in [3.05, 3.63) is 57.4 Å². The van der Waals surface area contributed by atoms with Gasteiger partial charge < -0.3 is 20.1 Å². The molecule has 1 aliphatic rings. The van der Waals surface area contributed by atoms with Crippen molar-refractivity contribution in [2.24, 2.45) is 0 Å². The quantitative estimate of drug-likeness (QED) is 0.443. The van der Waals surface area contributed by atoms with Crippen LogP contribution in [0.5, 0.6) is 11.5 Å². The van der Waals surface area contributed by atoms with Crippen LogP contribution in [0.1, 0.15) is 15.9 Å². The smallest absolute Gasteiger partial charge is 0.286 e. The lowest BCUT2D eigenvalue weighted by Crippen LogP contribution is -2.29. The van der Waals surface area contributed by atoms with Gasteiger partial charge in [-0.2, -0.15) is 5.26 Å². The molecule has 2 aromatic carbocycles. The number of anilines is 1. The van der Waals surface area contributed by atoms with Crippen molar-refractivity contribution in [1.82, 2.24) is 5.32 Å². The molecule has 0 aromatic heterocycles. The number of nitro benzene ring substituents is 1. The van der Waals surface area contributed by atoms with Crippen molar-refractivity contribution in [3.63, 3.8) is 0 Å². The topological polar surface area (TPSA) is 127 Å². The second-order valence-corrected chi connectivity index (χ2v) is 5.73. The molecule has 0 spiro atoms. The highest BCUT2D eigenvalue weighted by molar-refractivity contribution is 5.99. The first-order valence-corrected chi connectivity index (χ1v) is 8.30. The molecule has 144 valence electrons. The van der Waals surface area contributed by atoms with E-state index in [1.54, 1.807) is 6.07 Å². The van der Waals surface area contributed by atoms with E-state index in [-0.39, 0.29) is 48.9 Å². The molecule has 3 rings (SSSR count). The highest BCUT2D eigenvalue weighted by atomic mass is 19.1. The second-order valence-electron chi connectivity index (χ2n) is 5.73. The Balaban J connectivity index is 1.66. The summed E-state index contributed by atoms with van der Waals surface area (Å²) in [5.74, 6) is -0.835. The second kappa shape index (κ2) is 8.22. The Hall–Kier alpha value is -3.87. The predicted molar refractivity (Wildman–Crippen MR) is 96.0 cm³/mol. The average Bonchev–Trinajstić information content (AvgIpc) is 2.70. The van der Waals surface area contributed by atoms with Crippen molar-refractivity contribution in [2.75, 3.05) is 31.6 Å². The van der Waals surface area contributed by atoms with E-state index in [1.807, 2.05) is 0 Å². The van der Waals surface area contributed by atoms with E-state index in [2.05, 4.69) is 10.6 Å². The average molecular weight is 386 g/mol. The lowest BCUT2D eigenvalue weighted by Gasteiger charge is -2.19. The number of fused-ring (bicyclic) bond motifs is 1. The van der Waals surface area contributed by atoms with E-state index in [0.29, 0.717) is 5.69 Å². The number of carbonyl (C=O) groups is 1. The first-order chi connectivity index (χ1) is 13.5. The molecule has 0 bridgehead atoms. The molecule has 28 heavy (non-hydrogen) atoms. The third kappa shape index (κ3) is 3.93. The van der Waals surface area contributed by atoms with Crippen molar-refractivity contribution in [2.45, 2.75) is 0 Å². The normalized spacial score (nSPS) is 12.0. The summed E-state index contributed by atoms with van der Waals surface area (Å²) in [7, 11) is 0. The lowest BCUT2D eigenvalue weighted by molar-refractivity contribution is -0.385. The molecule has 1 aliphatic heterocycles. The van der Waals surface area contributed by atoms with Crippen molar-refractivity contribution < 1.29 is 23.6 Å². The minimum atomic E-state index is -0.669. The van der Waals surface area contributed by atoms with Gasteiger partial charge in [0.2, 0.25) is 0 Å². The number of hydrogen-bond donors (Lipinski definition) is 2. The molecule has 0 atom stereocenters. The highest BCUT2D eigenvalue weighted by Gasteiger charge is 2.26. The Morgan fingerprint density at radius 3 is 2.64 bits per heavy atom. The van der Waals surface area contributed by atoms with Crippen LogP contribution in [-0.4, -0.2) is 37.1 Å². The monoisotopic (exact) mass is 386 g/mol. The van der Waals surface area contributed by atoms with Gasteiger partial charge in [-0.1, -0.05) is 6.07 Å². The number of amides is 1. The molecular formula is C18H15FN4O5. The van der Waals surface area contributed by atoms with Crippen molar-refractivity contribution in [3.8, 4) is 17.6 Å². The molecule has 0 radical (unpaired) electrons. The molecule has 1 amide bonds. The molecule has 0 saturated heterocycles. The Morgan fingerprint density at radius 2 is 1.96 bits per heavy atom. The van der Waals surface area contributed by atoms with Gasteiger partial charge in [0.1, 0.15) is 36.2 Å². The van der Waals surface area contributed by atoms with Crippen LogP contribution in [0.15, 0.2) is 30.3 Å². The van der Waals surface area contributed by atoms with Gasteiger partial charge in [0.25, 0.3) is 11.6 Å². The minimum Gasteiger partial charge on any atom is -0.486 e. The number of ether oxygens (including phenoxy) is 2. The van der Waals surface area contributed by atoms with E-state index >= 15 is 0 Å². The first kappa shape index (κ1) is 18.9. The summed E-state index contributed by atoms with van der Waals surface area (Å²) in [6.45, 7) is 0.824. The number of nitro groups is 1. The van der Waals surface area contributed by atoms with Crippen LogP contribution in [0, 0.1) is 27.3 Å². The maximum Gasteiger partial charge on any atom is 0.286 e. The SMILES string of the molecule is N#Cc1c(F)cccc1NCCNC(=O)c1cc2c(cc1[N+](=O)[O-])OCCO2. The lowest BCUT2D eigenvalue weighted by atomic mass is 10.1. The third-order valence-electron chi connectivity index (χ3n) is 3.95. The minimum absolute atomic E-state index is 0.0891. The zero-order valence-corrected chi connectivity index (χ0v) is 14.5. The zero-order valence-electron chi connectivity index (χ0n) is 14.5. The fourth-order valence-corrected chi connectivity index (χ4v) is 2.66. The summed E-state index contributed by atoms with van der Waals surface area (Å²) in [5, 5.41) is 25.7. The molecule has 9 nitrogen and oxygen atoms in total. The van der Waals surface area contributed by atoms with Gasteiger partial charge in [0.15, 0.2) is 11.5 Å². The van der Waals surface area contributed by atoms with Crippen LogP contribution < -0.4 is 20.1 Å². The molecule has 2 aromatic rings. The van der Waals surface area contributed by atoms with Crippen LogP contribution >= 0.6 is 0 Å². The first-order valence-electron chi connectivity index (χ1n) is 8.30. The fraction of sp³-hybridized carbons (Fsp3) is 0.222. The number of nitrogens with zero attached hydrogens (tertiary/aromatic N) is 2. The Morgan fingerprint density at radius 1 is 1.25 bits per heavy atom.